The molecule has 2 N–H and O–H groups in total. The van der Waals surface area contributed by atoms with E-state index in [4.69, 9.17) is 0 Å². The summed E-state index contributed by atoms with van der Waals surface area (Å²) in [7, 11) is 0. The van der Waals surface area contributed by atoms with Crippen LogP contribution in [0.15, 0.2) is 17.7 Å². The quantitative estimate of drug-likeness (QED) is 0.613. The lowest BCUT2D eigenvalue weighted by atomic mass is 10.3. The van der Waals surface area contributed by atoms with Gasteiger partial charge in [-0.05, 0) is 12.8 Å². The number of nitrogens with one attached hydrogen (secondary N) is 1. The molecule has 0 spiro atoms. The van der Waals surface area contributed by atoms with Crippen molar-refractivity contribution in [3.8, 4) is 0 Å². The molecule has 0 radical (unpaired) electrons. The Balaban J connectivity index is 0.00000144. The summed E-state index contributed by atoms with van der Waals surface area (Å²) in [5.74, 6) is 0.473. The van der Waals surface area contributed by atoms with Gasteiger partial charge in [0.1, 0.15) is 0 Å². The van der Waals surface area contributed by atoms with E-state index in [2.05, 4.69) is 10.2 Å². The molecular formula is C10H16N4O3. The van der Waals surface area contributed by atoms with Gasteiger partial charge in [0, 0.05) is 18.3 Å². The average molecular weight is 240 g/mol. The molecule has 1 aliphatic rings. The average Bonchev–Trinajstić information content (AvgIpc) is 2.96. The molecule has 7 nitrogen and oxygen atoms in total. The minimum atomic E-state index is 0. The van der Waals surface area contributed by atoms with Gasteiger partial charge in [-0.1, -0.05) is 0 Å². The Morgan fingerprint density at radius 3 is 2.76 bits per heavy atom. The maximum Gasteiger partial charge on any atom is 0.298 e. The number of aryl methyl sites for hydroxylation is 1. The van der Waals surface area contributed by atoms with Gasteiger partial charge in [0.2, 0.25) is 12.2 Å². The Labute approximate surface area is 98.7 Å². The molecule has 17 heavy (non-hydrogen) atoms. The molecule has 2 rings (SSSR count). The van der Waals surface area contributed by atoms with Gasteiger partial charge in [0.25, 0.3) is 5.82 Å². The van der Waals surface area contributed by atoms with Crippen LogP contribution >= 0.6 is 0 Å². The number of aromatic nitrogens is 2. The van der Waals surface area contributed by atoms with Crippen molar-refractivity contribution in [1.29, 1.82) is 0 Å². The number of rotatable bonds is 4. The Kier molecular flexibility index (Phi) is 4.77. The molecule has 1 aromatic heterocycles. The van der Waals surface area contributed by atoms with Crippen LogP contribution in [0.25, 0.3) is 0 Å². The summed E-state index contributed by atoms with van der Waals surface area (Å²) in [6.07, 6.45) is 5.95. The fourth-order valence-corrected chi connectivity index (χ4v) is 1.91. The molecule has 2 heterocycles. The van der Waals surface area contributed by atoms with Crippen molar-refractivity contribution < 1.29 is 14.8 Å². The molecule has 0 aromatic carbocycles. The highest BCUT2D eigenvalue weighted by Crippen LogP contribution is 2.08. The normalized spacial score (nSPS) is 14.5. The van der Waals surface area contributed by atoms with E-state index in [0.717, 1.165) is 25.9 Å². The van der Waals surface area contributed by atoms with Gasteiger partial charge in [0.15, 0.2) is 6.20 Å². The standard InChI is InChI=1S/C10H14N4O2.H2O/c15-10(14-4-1-2-5-14)3-6-13-7-9(12-16)11-8-13;/h7-8H,1-6H2;1H2. The second-order valence-electron chi connectivity index (χ2n) is 3.95. The fourth-order valence-electron chi connectivity index (χ4n) is 1.91. The fraction of sp³-hybridized carbons (Fsp3) is 0.600. The lowest BCUT2D eigenvalue weighted by Gasteiger charge is -2.13. The van der Waals surface area contributed by atoms with Gasteiger partial charge < -0.3 is 10.4 Å². The number of hydrogen-bond donors (Lipinski definition) is 1. The van der Waals surface area contributed by atoms with E-state index < -0.39 is 0 Å². The van der Waals surface area contributed by atoms with Crippen LogP contribution < -0.4 is 4.57 Å². The van der Waals surface area contributed by atoms with Crippen LogP contribution in [0.3, 0.4) is 0 Å². The van der Waals surface area contributed by atoms with E-state index in [-0.39, 0.29) is 17.2 Å². The van der Waals surface area contributed by atoms with Gasteiger partial charge >= 0.3 is 0 Å². The third kappa shape index (κ3) is 3.35. The Bertz CT molecular complexity index is 385. The first-order chi connectivity index (χ1) is 7.79. The monoisotopic (exact) mass is 240 g/mol. The second kappa shape index (κ2) is 6.09. The molecule has 94 valence electrons. The van der Waals surface area contributed by atoms with Gasteiger partial charge in [-0.25, -0.2) is 9.55 Å². The summed E-state index contributed by atoms with van der Waals surface area (Å²) in [5, 5.41) is 2.77. The Hall–Kier alpha value is -1.76. The van der Waals surface area contributed by atoms with E-state index in [1.54, 1.807) is 17.1 Å². The van der Waals surface area contributed by atoms with Crippen molar-refractivity contribution in [3.05, 3.63) is 17.4 Å². The van der Waals surface area contributed by atoms with E-state index in [9.17, 15) is 9.70 Å². The third-order valence-electron chi connectivity index (χ3n) is 2.81. The number of amides is 1. The van der Waals surface area contributed by atoms with Crippen LogP contribution in [0.2, 0.25) is 0 Å². The van der Waals surface area contributed by atoms with E-state index in [1.165, 1.54) is 0 Å². The molecule has 0 atom stereocenters. The number of carbonyl (C=O) groups is 1. The van der Waals surface area contributed by atoms with Crippen LogP contribution in [0.4, 0.5) is 5.82 Å². The van der Waals surface area contributed by atoms with Crippen LogP contribution in [-0.2, 0) is 11.3 Å². The molecule has 0 unspecified atom stereocenters. The maximum absolute atomic E-state index is 11.7. The zero-order valence-electron chi connectivity index (χ0n) is 9.50. The SMILES string of the molecule is O=Nc1c[n+](CCC(=O)N2CCCC2)c[nH]1.[OH-]. The summed E-state index contributed by atoms with van der Waals surface area (Å²) >= 11 is 0. The molecule has 0 aliphatic carbocycles. The highest BCUT2D eigenvalue weighted by Gasteiger charge is 2.18. The van der Waals surface area contributed by atoms with Crippen LogP contribution in [0, 0.1) is 4.91 Å². The molecule has 1 amide bonds. The number of nitrogens with zero attached hydrogens (tertiary/aromatic N) is 3. The number of hydrogen-bond acceptors (Lipinski definition) is 4. The molecule has 7 heteroatoms. The zero-order valence-corrected chi connectivity index (χ0v) is 9.50. The topological polar surface area (TPSA) is 99.4 Å². The van der Waals surface area contributed by atoms with Gasteiger partial charge in [0.05, 0.1) is 13.0 Å². The predicted molar refractivity (Wildman–Crippen MR) is 58.8 cm³/mol. The minimum Gasteiger partial charge on any atom is -0.870 e. The summed E-state index contributed by atoms with van der Waals surface area (Å²) in [6.45, 7) is 2.36. The van der Waals surface area contributed by atoms with Gasteiger partial charge in [-0.3, -0.25) is 4.79 Å². The Morgan fingerprint density at radius 2 is 2.18 bits per heavy atom. The highest BCUT2D eigenvalue weighted by molar-refractivity contribution is 5.76. The third-order valence-corrected chi connectivity index (χ3v) is 2.81. The van der Waals surface area contributed by atoms with Crippen molar-refractivity contribution in [1.82, 2.24) is 9.88 Å². The first kappa shape index (κ1) is 13.3. The number of H-pyrrole nitrogens is 1. The molecule has 1 aromatic rings. The van der Waals surface area contributed by atoms with Crippen molar-refractivity contribution in [2.24, 2.45) is 5.18 Å². The summed E-state index contributed by atoms with van der Waals surface area (Å²) in [5.41, 5.74) is 0. The van der Waals surface area contributed by atoms with Gasteiger partial charge in [-0.15, -0.1) is 4.91 Å². The van der Waals surface area contributed by atoms with Crippen molar-refractivity contribution in [3.63, 3.8) is 0 Å². The van der Waals surface area contributed by atoms with Crippen LogP contribution in [0.5, 0.6) is 0 Å². The van der Waals surface area contributed by atoms with Crippen molar-refractivity contribution in [2.75, 3.05) is 13.1 Å². The molecule has 1 fully saturated rings. The van der Waals surface area contributed by atoms with E-state index in [0.29, 0.717) is 13.0 Å². The zero-order chi connectivity index (χ0) is 11.4. The first-order valence-corrected chi connectivity index (χ1v) is 5.48. The number of nitroso groups, excluding NO2 is 1. The molecular weight excluding hydrogens is 224 g/mol. The minimum absolute atomic E-state index is 0. The van der Waals surface area contributed by atoms with E-state index >= 15 is 0 Å². The van der Waals surface area contributed by atoms with Crippen LogP contribution in [0.1, 0.15) is 19.3 Å². The van der Waals surface area contributed by atoms with Gasteiger partial charge in [-0.2, -0.15) is 0 Å². The van der Waals surface area contributed by atoms with Crippen molar-refractivity contribution in [2.45, 2.75) is 25.8 Å². The molecule has 0 saturated carbocycles. The predicted octanol–water partition coefficient (Wildman–Crippen LogP) is 0.536. The molecule has 0 bridgehead atoms. The Morgan fingerprint density at radius 1 is 1.47 bits per heavy atom. The number of likely N-dealkylation sites (tertiary alicyclic amines) is 1. The lowest BCUT2D eigenvalue weighted by molar-refractivity contribution is -0.694. The van der Waals surface area contributed by atoms with E-state index in [1.807, 2.05) is 4.90 Å². The maximum atomic E-state index is 11.7. The van der Waals surface area contributed by atoms with Crippen LogP contribution in [-0.4, -0.2) is 34.4 Å². The molecule has 1 aliphatic heterocycles. The summed E-state index contributed by atoms with van der Waals surface area (Å²) < 4.78 is 1.77. The van der Waals surface area contributed by atoms with Crippen molar-refractivity contribution >= 4 is 11.7 Å². The largest absolute Gasteiger partial charge is 0.870 e. The first-order valence-electron chi connectivity index (χ1n) is 5.48. The summed E-state index contributed by atoms with van der Waals surface area (Å²) in [4.78, 5) is 26.5. The smallest absolute Gasteiger partial charge is 0.298 e. The number of imidazole rings is 1. The summed E-state index contributed by atoms with van der Waals surface area (Å²) in [6, 6.07) is 0. The lowest BCUT2D eigenvalue weighted by Crippen LogP contribution is -2.36. The number of carbonyl (C=O) groups excluding carboxylic acids is 1. The number of aromatic amines is 1. The molecule has 1 saturated heterocycles. The second-order valence-corrected chi connectivity index (χ2v) is 3.95. The highest BCUT2D eigenvalue weighted by atomic mass is 16.3.